The number of hydrogen-bond donors (Lipinski definition) is 0. The molecule has 80 valence electrons. The number of allylic oxidation sites excluding steroid dienone is 2. The number of halogens is 1. The highest BCUT2D eigenvalue weighted by Crippen LogP contribution is 2.27. The summed E-state index contributed by atoms with van der Waals surface area (Å²) in [6, 6.07) is -0.0316. The van der Waals surface area contributed by atoms with Crippen LogP contribution in [0.3, 0.4) is 0 Å². The third-order valence-electron chi connectivity index (χ3n) is 2.53. The maximum Gasteiger partial charge on any atom is 0.219 e. The van der Waals surface area contributed by atoms with Crippen molar-refractivity contribution in [2.75, 3.05) is 0 Å². The van der Waals surface area contributed by atoms with Crippen LogP contribution < -0.4 is 0 Å². The first-order valence-electron chi connectivity index (χ1n) is 5.08. The van der Waals surface area contributed by atoms with Crippen LogP contribution in [0.25, 0.3) is 5.57 Å². The van der Waals surface area contributed by atoms with E-state index < -0.39 is 5.95 Å². The Morgan fingerprint density at radius 3 is 2.73 bits per heavy atom. The van der Waals surface area contributed by atoms with E-state index in [0.29, 0.717) is 24.0 Å². The Morgan fingerprint density at radius 2 is 2.27 bits per heavy atom. The van der Waals surface area contributed by atoms with Crippen molar-refractivity contribution in [2.24, 2.45) is 0 Å². The first-order chi connectivity index (χ1) is 7.11. The lowest BCUT2D eigenvalue weighted by Crippen LogP contribution is -2.06. The number of nitrogens with zero attached hydrogens (tertiary/aromatic N) is 2. The quantitative estimate of drug-likeness (QED) is 0.747. The molecule has 1 aliphatic carbocycles. The normalized spacial score (nSPS) is 16.3. The van der Waals surface area contributed by atoms with E-state index in [0.717, 1.165) is 0 Å². The molecule has 1 aromatic rings. The van der Waals surface area contributed by atoms with Crippen LogP contribution in [0.1, 0.15) is 38.3 Å². The van der Waals surface area contributed by atoms with E-state index in [1.54, 1.807) is 6.08 Å². The topological polar surface area (TPSA) is 34.9 Å². The Balaban J connectivity index is 2.42. The lowest BCUT2D eigenvalue weighted by molar-refractivity contribution is -0.113. The van der Waals surface area contributed by atoms with Crippen molar-refractivity contribution in [3.05, 3.63) is 23.8 Å². The number of carbonyl (C=O) groups is 1. The number of carbonyl (C=O) groups excluding carboxylic acids is 1. The monoisotopic (exact) mass is 208 g/mol. The Kier molecular flexibility index (Phi) is 2.42. The van der Waals surface area contributed by atoms with Gasteiger partial charge in [-0.2, -0.15) is 9.49 Å². The maximum atomic E-state index is 13.8. The third-order valence-corrected chi connectivity index (χ3v) is 2.53. The molecule has 4 heteroatoms. The maximum absolute atomic E-state index is 13.8. The van der Waals surface area contributed by atoms with Crippen LogP contribution in [-0.4, -0.2) is 15.6 Å². The molecule has 1 aliphatic rings. The first kappa shape index (κ1) is 10.1. The summed E-state index contributed by atoms with van der Waals surface area (Å²) in [7, 11) is 0. The average molecular weight is 208 g/mol. The van der Waals surface area contributed by atoms with Crippen LogP contribution in [-0.2, 0) is 4.79 Å². The van der Waals surface area contributed by atoms with Crippen LogP contribution in [0.4, 0.5) is 4.39 Å². The minimum atomic E-state index is -0.411. The molecule has 0 radical (unpaired) electrons. The lowest BCUT2D eigenvalue weighted by atomic mass is 10.1. The average Bonchev–Trinajstić information content (AvgIpc) is 2.71. The van der Waals surface area contributed by atoms with Crippen LogP contribution in [0.15, 0.2) is 12.3 Å². The van der Waals surface area contributed by atoms with Crippen LogP contribution in [0.2, 0.25) is 0 Å². The molecule has 0 saturated carbocycles. The van der Waals surface area contributed by atoms with Crippen molar-refractivity contribution in [3.63, 3.8) is 0 Å². The van der Waals surface area contributed by atoms with Gasteiger partial charge in [0, 0.05) is 18.0 Å². The minimum absolute atomic E-state index is 0.0113. The SMILES string of the molecule is CC(C)n1ncc(C2=CCCC2=O)c1F. The van der Waals surface area contributed by atoms with E-state index in [9.17, 15) is 9.18 Å². The number of rotatable bonds is 2. The summed E-state index contributed by atoms with van der Waals surface area (Å²) in [5.41, 5.74) is 0.825. The molecular weight excluding hydrogens is 195 g/mol. The van der Waals surface area contributed by atoms with E-state index >= 15 is 0 Å². The summed E-state index contributed by atoms with van der Waals surface area (Å²) in [5, 5.41) is 3.94. The van der Waals surface area contributed by atoms with E-state index in [1.807, 2.05) is 13.8 Å². The van der Waals surface area contributed by atoms with Gasteiger partial charge < -0.3 is 0 Å². The number of aromatic nitrogens is 2. The van der Waals surface area contributed by atoms with Gasteiger partial charge >= 0.3 is 0 Å². The summed E-state index contributed by atoms with van der Waals surface area (Å²) >= 11 is 0. The third kappa shape index (κ3) is 1.60. The van der Waals surface area contributed by atoms with Crippen molar-refractivity contribution in [2.45, 2.75) is 32.7 Å². The van der Waals surface area contributed by atoms with Gasteiger partial charge in [0.2, 0.25) is 5.95 Å². The van der Waals surface area contributed by atoms with Crippen molar-refractivity contribution < 1.29 is 9.18 Å². The Labute approximate surface area is 87.6 Å². The van der Waals surface area contributed by atoms with Gasteiger partial charge in [-0.15, -0.1) is 0 Å². The summed E-state index contributed by atoms with van der Waals surface area (Å²) in [6.45, 7) is 3.70. The predicted octanol–water partition coefficient (Wildman–Crippen LogP) is 2.35. The molecule has 0 amide bonds. The van der Waals surface area contributed by atoms with Gasteiger partial charge in [0.25, 0.3) is 0 Å². The van der Waals surface area contributed by atoms with Gasteiger partial charge in [-0.1, -0.05) is 6.08 Å². The van der Waals surface area contributed by atoms with Crippen LogP contribution >= 0.6 is 0 Å². The van der Waals surface area contributed by atoms with Crippen molar-refractivity contribution in [3.8, 4) is 0 Å². The largest absolute Gasteiger partial charge is 0.294 e. The zero-order valence-electron chi connectivity index (χ0n) is 8.83. The number of hydrogen-bond acceptors (Lipinski definition) is 2. The molecule has 0 unspecified atom stereocenters. The Hall–Kier alpha value is -1.45. The molecular formula is C11H13FN2O. The fraction of sp³-hybridized carbons (Fsp3) is 0.455. The van der Waals surface area contributed by atoms with Crippen LogP contribution in [0, 0.1) is 5.95 Å². The number of ketones is 1. The van der Waals surface area contributed by atoms with E-state index in [-0.39, 0.29) is 11.8 Å². The fourth-order valence-electron chi connectivity index (χ4n) is 1.74. The smallest absolute Gasteiger partial charge is 0.219 e. The molecule has 0 spiro atoms. The van der Waals surface area contributed by atoms with Gasteiger partial charge in [0.15, 0.2) is 5.78 Å². The standard InChI is InChI=1S/C11H13FN2O/c1-7(2)14-11(12)9(6-13-14)8-4-3-5-10(8)15/h4,6-7H,3,5H2,1-2H3. The van der Waals surface area contributed by atoms with E-state index in [4.69, 9.17) is 0 Å². The van der Waals surface area contributed by atoms with Gasteiger partial charge in [0.05, 0.1) is 11.8 Å². The molecule has 0 bridgehead atoms. The van der Waals surface area contributed by atoms with E-state index in [1.165, 1.54) is 10.9 Å². The summed E-state index contributed by atoms with van der Waals surface area (Å²) < 4.78 is 15.1. The highest BCUT2D eigenvalue weighted by molar-refractivity contribution is 6.22. The van der Waals surface area contributed by atoms with Crippen LogP contribution in [0.5, 0.6) is 0 Å². The lowest BCUT2D eigenvalue weighted by Gasteiger charge is -2.05. The van der Waals surface area contributed by atoms with Gasteiger partial charge in [-0.3, -0.25) is 4.79 Å². The molecule has 0 fully saturated rings. The minimum Gasteiger partial charge on any atom is -0.294 e. The van der Waals surface area contributed by atoms with E-state index in [2.05, 4.69) is 5.10 Å². The molecule has 2 rings (SSSR count). The van der Waals surface area contributed by atoms with Gasteiger partial charge in [0.1, 0.15) is 0 Å². The predicted molar refractivity (Wildman–Crippen MR) is 54.8 cm³/mol. The van der Waals surface area contributed by atoms with Gasteiger partial charge in [-0.05, 0) is 20.3 Å². The second-order valence-electron chi connectivity index (χ2n) is 3.97. The molecule has 0 saturated heterocycles. The molecule has 3 nitrogen and oxygen atoms in total. The summed E-state index contributed by atoms with van der Waals surface area (Å²) in [6.07, 6.45) is 4.42. The molecule has 15 heavy (non-hydrogen) atoms. The van der Waals surface area contributed by atoms with Crippen molar-refractivity contribution >= 4 is 11.4 Å². The Morgan fingerprint density at radius 1 is 1.53 bits per heavy atom. The zero-order valence-corrected chi connectivity index (χ0v) is 8.83. The fourth-order valence-corrected chi connectivity index (χ4v) is 1.74. The molecule has 0 atom stereocenters. The Bertz CT molecular complexity index is 432. The second-order valence-corrected chi connectivity index (χ2v) is 3.97. The first-order valence-corrected chi connectivity index (χ1v) is 5.08. The number of Topliss-reactive ketones (excluding diaryl/α,β-unsaturated/α-hetero) is 1. The molecule has 1 heterocycles. The molecule has 0 N–H and O–H groups in total. The molecule has 1 aromatic heterocycles. The molecule has 0 aliphatic heterocycles. The highest BCUT2D eigenvalue weighted by Gasteiger charge is 2.23. The van der Waals surface area contributed by atoms with Crippen molar-refractivity contribution in [1.29, 1.82) is 0 Å². The van der Waals surface area contributed by atoms with Crippen molar-refractivity contribution in [1.82, 2.24) is 9.78 Å². The van der Waals surface area contributed by atoms with Gasteiger partial charge in [-0.25, -0.2) is 4.68 Å². The highest BCUT2D eigenvalue weighted by atomic mass is 19.1. The summed E-state index contributed by atoms with van der Waals surface area (Å²) in [4.78, 5) is 11.4. The second kappa shape index (κ2) is 3.61. The molecule has 0 aromatic carbocycles. The summed E-state index contributed by atoms with van der Waals surface area (Å²) in [5.74, 6) is -0.399. The zero-order chi connectivity index (χ0) is 11.0.